The van der Waals surface area contributed by atoms with Crippen LogP contribution in [0.15, 0.2) is 24.3 Å². The van der Waals surface area contributed by atoms with Crippen LogP contribution in [0.25, 0.3) is 10.9 Å². The fourth-order valence-electron chi connectivity index (χ4n) is 4.17. The Bertz CT molecular complexity index is 763. The normalized spacial score (nSPS) is 20.7. The summed E-state index contributed by atoms with van der Waals surface area (Å²) in [6, 6.07) is 7.59. The lowest BCUT2D eigenvalue weighted by Crippen LogP contribution is -2.51. The highest BCUT2D eigenvalue weighted by atomic mass is 19.4. The summed E-state index contributed by atoms with van der Waals surface area (Å²) in [7, 11) is 0. The van der Waals surface area contributed by atoms with Gasteiger partial charge in [-0.2, -0.15) is 13.2 Å². The van der Waals surface area contributed by atoms with E-state index in [-0.39, 0.29) is 0 Å². The van der Waals surface area contributed by atoms with Gasteiger partial charge in [0.15, 0.2) is 0 Å². The topological polar surface area (TPSA) is 32.3 Å². The number of hydrogen-bond acceptors (Lipinski definition) is 4. The largest absolute Gasteiger partial charge is 0.451 e. The van der Waals surface area contributed by atoms with E-state index in [1.54, 1.807) is 18.2 Å². The number of fused-ring (bicyclic) bond motifs is 1. The summed E-state index contributed by atoms with van der Waals surface area (Å²) in [5.41, 5.74) is 0.347. The average Bonchev–Trinajstić information content (AvgIpc) is 2.67. The van der Waals surface area contributed by atoms with Gasteiger partial charge in [-0.05, 0) is 25.0 Å². The highest BCUT2D eigenvalue weighted by Crippen LogP contribution is 2.32. The van der Waals surface area contributed by atoms with Crippen LogP contribution in [0.4, 0.5) is 19.0 Å². The van der Waals surface area contributed by atoms with Crippen molar-refractivity contribution in [2.45, 2.75) is 44.3 Å². The molecule has 26 heavy (non-hydrogen) atoms. The van der Waals surface area contributed by atoms with E-state index in [4.69, 9.17) is 0 Å². The maximum absolute atomic E-state index is 13.2. The van der Waals surface area contributed by atoms with Crippen molar-refractivity contribution in [2.75, 3.05) is 31.1 Å². The van der Waals surface area contributed by atoms with Gasteiger partial charge >= 0.3 is 6.18 Å². The van der Waals surface area contributed by atoms with Gasteiger partial charge < -0.3 is 4.90 Å². The predicted octanol–water partition coefficient (Wildman–Crippen LogP) is 4.10. The SMILES string of the molecule is FC(F)(F)c1nc(N2CCN(C3CCCCC3)CC2)c2ccccc2n1. The molecule has 2 aromatic rings. The summed E-state index contributed by atoms with van der Waals surface area (Å²) in [6.45, 7) is 3.16. The molecule has 7 heteroatoms. The molecule has 0 radical (unpaired) electrons. The Morgan fingerprint density at radius 1 is 0.885 bits per heavy atom. The quantitative estimate of drug-likeness (QED) is 0.803. The number of piperazine rings is 1. The van der Waals surface area contributed by atoms with E-state index in [2.05, 4.69) is 14.9 Å². The molecule has 1 saturated heterocycles. The van der Waals surface area contributed by atoms with Crippen molar-refractivity contribution in [1.29, 1.82) is 0 Å². The van der Waals surface area contributed by atoms with Gasteiger partial charge in [0.05, 0.1) is 5.52 Å². The molecule has 2 heterocycles. The van der Waals surface area contributed by atoms with Gasteiger partial charge in [-0.1, -0.05) is 31.4 Å². The molecular weight excluding hydrogens is 341 g/mol. The van der Waals surface area contributed by atoms with Crippen molar-refractivity contribution in [3.63, 3.8) is 0 Å². The Morgan fingerprint density at radius 3 is 2.27 bits per heavy atom. The number of nitrogens with zero attached hydrogens (tertiary/aromatic N) is 4. The molecule has 2 aliphatic rings. The number of halogens is 3. The van der Waals surface area contributed by atoms with Crippen LogP contribution in [0.2, 0.25) is 0 Å². The van der Waals surface area contributed by atoms with Gasteiger partial charge in [-0.25, -0.2) is 9.97 Å². The van der Waals surface area contributed by atoms with E-state index in [1.165, 1.54) is 32.1 Å². The van der Waals surface area contributed by atoms with Crippen LogP contribution in [0.5, 0.6) is 0 Å². The molecule has 1 aromatic heterocycles. The lowest BCUT2D eigenvalue weighted by molar-refractivity contribution is -0.144. The molecule has 0 bridgehead atoms. The van der Waals surface area contributed by atoms with Gasteiger partial charge in [0.1, 0.15) is 5.82 Å². The molecule has 0 atom stereocenters. The number of para-hydroxylation sites is 1. The van der Waals surface area contributed by atoms with Crippen LogP contribution in [0.1, 0.15) is 37.9 Å². The molecule has 2 fully saturated rings. The van der Waals surface area contributed by atoms with Crippen molar-refractivity contribution < 1.29 is 13.2 Å². The second-order valence-corrected chi connectivity index (χ2v) is 7.20. The lowest BCUT2D eigenvalue weighted by atomic mass is 9.94. The van der Waals surface area contributed by atoms with E-state index in [0.717, 1.165) is 13.1 Å². The zero-order valence-electron chi connectivity index (χ0n) is 14.7. The second kappa shape index (κ2) is 7.02. The van der Waals surface area contributed by atoms with Crippen molar-refractivity contribution >= 4 is 16.7 Å². The Balaban J connectivity index is 1.58. The van der Waals surface area contributed by atoms with Gasteiger partial charge in [0.2, 0.25) is 5.82 Å². The molecule has 1 aliphatic carbocycles. The molecule has 0 unspecified atom stereocenters. The van der Waals surface area contributed by atoms with Crippen LogP contribution < -0.4 is 4.90 Å². The first-order valence-corrected chi connectivity index (χ1v) is 9.35. The Labute approximate surface area is 151 Å². The Kier molecular flexibility index (Phi) is 4.73. The van der Waals surface area contributed by atoms with E-state index < -0.39 is 12.0 Å². The van der Waals surface area contributed by atoms with Gasteiger partial charge in [0, 0.05) is 37.6 Å². The molecule has 1 aromatic carbocycles. The van der Waals surface area contributed by atoms with Gasteiger partial charge in [0.25, 0.3) is 0 Å². The Morgan fingerprint density at radius 2 is 1.58 bits per heavy atom. The maximum atomic E-state index is 13.2. The summed E-state index contributed by atoms with van der Waals surface area (Å²) in [4.78, 5) is 12.1. The molecule has 0 spiro atoms. The third kappa shape index (κ3) is 3.49. The average molecular weight is 364 g/mol. The molecule has 4 rings (SSSR count). The standard InChI is InChI=1S/C19H23F3N4/c20-19(21,22)18-23-16-9-5-4-8-15(16)17(24-18)26-12-10-25(11-13-26)14-6-2-1-3-7-14/h4-5,8-9,14H,1-3,6-7,10-13H2. The van der Waals surface area contributed by atoms with Crippen LogP contribution >= 0.6 is 0 Å². The molecule has 1 aliphatic heterocycles. The van der Waals surface area contributed by atoms with E-state index >= 15 is 0 Å². The van der Waals surface area contributed by atoms with Crippen molar-refractivity contribution in [2.24, 2.45) is 0 Å². The number of aromatic nitrogens is 2. The van der Waals surface area contributed by atoms with E-state index in [1.807, 2.05) is 11.0 Å². The lowest BCUT2D eigenvalue weighted by Gasteiger charge is -2.41. The van der Waals surface area contributed by atoms with Gasteiger partial charge in [-0.15, -0.1) is 0 Å². The first kappa shape index (κ1) is 17.5. The van der Waals surface area contributed by atoms with Crippen molar-refractivity contribution in [3.8, 4) is 0 Å². The van der Waals surface area contributed by atoms with E-state index in [0.29, 0.717) is 35.9 Å². The summed E-state index contributed by atoms with van der Waals surface area (Å²) >= 11 is 0. The molecule has 140 valence electrons. The fourth-order valence-corrected chi connectivity index (χ4v) is 4.17. The third-order valence-electron chi connectivity index (χ3n) is 5.54. The summed E-state index contributed by atoms with van der Waals surface area (Å²) in [5, 5.41) is 0.687. The minimum Gasteiger partial charge on any atom is -0.353 e. The van der Waals surface area contributed by atoms with Crippen molar-refractivity contribution in [1.82, 2.24) is 14.9 Å². The highest BCUT2D eigenvalue weighted by molar-refractivity contribution is 5.89. The number of rotatable bonds is 2. The smallest absolute Gasteiger partial charge is 0.353 e. The second-order valence-electron chi connectivity index (χ2n) is 7.20. The van der Waals surface area contributed by atoms with Crippen molar-refractivity contribution in [3.05, 3.63) is 30.1 Å². The molecule has 4 nitrogen and oxygen atoms in total. The number of benzene rings is 1. The highest BCUT2D eigenvalue weighted by Gasteiger charge is 2.36. The van der Waals surface area contributed by atoms with Crippen LogP contribution in [0.3, 0.4) is 0 Å². The third-order valence-corrected chi connectivity index (χ3v) is 5.54. The number of alkyl halides is 3. The zero-order valence-corrected chi connectivity index (χ0v) is 14.7. The summed E-state index contributed by atoms with van der Waals surface area (Å²) < 4.78 is 39.6. The Hall–Kier alpha value is -1.89. The van der Waals surface area contributed by atoms with Crippen LogP contribution in [-0.2, 0) is 6.18 Å². The monoisotopic (exact) mass is 364 g/mol. The summed E-state index contributed by atoms with van der Waals surface area (Å²) in [6.07, 6.45) is 1.85. The first-order valence-electron chi connectivity index (χ1n) is 9.35. The maximum Gasteiger partial charge on any atom is 0.451 e. The molecular formula is C19H23F3N4. The molecule has 1 saturated carbocycles. The minimum absolute atomic E-state index is 0.347. The summed E-state index contributed by atoms with van der Waals surface area (Å²) in [5.74, 6) is -0.646. The van der Waals surface area contributed by atoms with Crippen LogP contribution in [0, 0.1) is 0 Å². The number of anilines is 1. The number of hydrogen-bond donors (Lipinski definition) is 0. The zero-order chi connectivity index (χ0) is 18.1. The van der Waals surface area contributed by atoms with E-state index in [9.17, 15) is 13.2 Å². The van der Waals surface area contributed by atoms with Gasteiger partial charge in [-0.3, -0.25) is 4.90 Å². The molecule has 0 amide bonds. The van der Waals surface area contributed by atoms with Crippen LogP contribution in [-0.4, -0.2) is 47.1 Å². The first-order chi connectivity index (χ1) is 12.5. The predicted molar refractivity (Wildman–Crippen MR) is 95.2 cm³/mol. The fraction of sp³-hybridized carbons (Fsp3) is 0.579. The molecule has 0 N–H and O–H groups in total. The minimum atomic E-state index is -4.54.